The largest absolute Gasteiger partial charge is 0.447 e. The molecule has 16 heavy (non-hydrogen) atoms. The molecule has 2 rings (SSSR count). The van der Waals surface area contributed by atoms with Crippen LogP contribution in [0, 0.1) is 5.82 Å². The molecule has 1 heterocycles. The molecular weight excluding hydrogens is 213 g/mol. The summed E-state index contributed by atoms with van der Waals surface area (Å²) in [5, 5.41) is 0. The summed E-state index contributed by atoms with van der Waals surface area (Å²) in [4.78, 5) is 12.8. The normalized spacial score (nSPS) is 20.0. The number of anilines is 2. The molecule has 0 bridgehead atoms. The van der Waals surface area contributed by atoms with Gasteiger partial charge in [-0.2, -0.15) is 0 Å². The molecule has 1 atom stereocenters. The zero-order chi connectivity index (χ0) is 11.7. The monoisotopic (exact) mass is 225 g/mol. The van der Waals surface area contributed by atoms with Crippen LogP contribution in [-0.2, 0) is 4.74 Å². The van der Waals surface area contributed by atoms with E-state index < -0.39 is 11.9 Å². The molecule has 1 aromatic carbocycles. The molecule has 4 N–H and O–H groups in total. The summed E-state index contributed by atoms with van der Waals surface area (Å²) in [5.74, 6) is -0.562. The second kappa shape index (κ2) is 3.97. The molecule has 1 aliphatic rings. The van der Waals surface area contributed by atoms with Gasteiger partial charge in [-0.25, -0.2) is 9.18 Å². The third-order valence-corrected chi connectivity index (χ3v) is 2.50. The van der Waals surface area contributed by atoms with Crippen LogP contribution in [0.25, 0.3) is 0 Å². The molecule has 1 amide bonds. The van der Waals surface area contributed by atoms with E-state index in [-0.39, 0.29) is 24.9 Å². The van der Waals surface area contributed by atoms with Gasteiger partial charge in [0.25, 0.3) is 0 Å². The van der Waals surface area contributed by atoms with Gasteiger partial charge in [0, 0.05) is 6.54 Å². The molecule has 0 radical (unpaired) electrons. The number of carbonyl (C=O) groups is 1. The van der Waals surface area contributed by atoms with E-state index in [0.717, 1.165) is 0 Å². The number of nitrogens with zero attached hydrogens (tertiary/aromatic N) is 1. The quantitative estimate of drug-likeness (QED) is 0.725. The summed E-state index contributed by atoms with van der Waals surface area (Å²) in [6, 6.07) is 3.91. The van der Waals surface area contributed by atoms with E-state index in [2.05, 4.69) is 0 Å². The van der Waals surface area contributed by atoms with Crippen molar-refractivity contribution in [1.29, 1.82) is 0 Å². The number of rotatable bonds is 2. The fraction of sp³-hybridized carbons (Fsp3) is 0.300. The van der Waals surface area contributed by atoms with Crippen molar-refractivity contribution in [2.75, 3.05) is 23.8 Å². The second-order valence-electron chi connectivity index (χ2n) is 3.54. The Hall–Kier alpha value is -1.82. The molecule has 5 nitrogen and oxygen atoms in total. The van der Waals surface area contributed by atoms with Crippen molar-refractivity contribution in [3.8, 4) is 0 Å². The van der Waals surface area contributed by atoms with Crippen molar-refractivity contribution in [3.63, 3.8) is 0 Å². The minimum absolute atomic E-state index is 0.0422. The number of ether oxygens (including phenoxy) is 1. The van der Waals surface area contributed by atoms with Crippen molar-refractivity contribution < 1.29 is 13.9 Å². The zero-order valence-corrected chi connectivity index (χ0v) is 8.52. The lowest BCUT2D eigenvalue weighted by Gasteiger charge is -2.20. The highest BCUT2D eigenvalue weighted by molar-refractivity contribution is 5.90. The van der Waals surface area contributed by atoms with Crippen LogP contribution in [0.4, 0.5) is 20.6 Å². The van der Waals surface area contributed by atoms with E-state index in [1.165, 1.54) is 17.0 Å². The zero-order valence-electron chi connectivity index (χ0n) is 8.52. The van der Waals surface area contributed by atoms with Crippen LogP contribution in [-0.4, -0.2) is 25.3 Å². The first kappa shape index (κ1) is 10.7. The molecule has 0 aliphatic carbocycles. The minimum Gasteiger partial charge on any atom is -0.447 e. The molecule has 1 saturated heterocycles. The maximum Gasteiger partial charge on any atom is 0.414 e. The van der Waals surface area contributed by atoms with Crippen LogP contribution >= 0.6 is 0 Å². The van der Waals surface area contributed by atoms with Gasteiger partial charge in [0.1, 0.15) is 12.4 Å². The van der Waals surface area contributed by atoms with Crippen LogP contribution in [0.2, 0.25) is 0 Å². The molecule has 0 aromatic heterocycles. The number of cyclic esters (lactones) is 1. The summed E-state index contributed by atoms with van der Waals surface area (Å²) in [6.07, 6.45) is -0.514. The predicted molar refractivity (Wildman–Crippen MR) is 57.5 cm³/mol. The highest BCUT2D eigenvalue weighted by Gasteiger charge is 2.33. The van der Waals surface area contributed by atoms with E-state index in [1.807, 2.05) is 0 Å². The summed E-state index contributed by atoms with van der Waals surface area (Å²) in [6.45, 7) is 0.485. The SMILES string of the molecule is NCC1COC(=O)N1c1ccc(N)c(F)c1. The fourth-order valence-electron chi connectivity index (χ4n) is 1.62. The van der Waals surface area contributed by atoms with E-state index >= 15 is 0 Å². The van der Waals surface area contributed by atoms with Crippen LogP contribution in [0.5, 0.6) is 0 Å². The van der Waals surface area contributed by atoms with Crippen LogP contribution in [0.3, 0.4) is 0 Å². The van der Waals surface area contributed by atoms with Crippen LogP contribution < -0.4 is 16.4 Å². The Bertz CT molecular complexity index is 425. The van der Waals surface area contributed by atoms with Crippen LogP contribution in [0.1, 0.15) is 0 Å². The smallest absolute Gasteiger partial charge is 0.414 e. The molecule has 0 spiro atoms. The first-order valence-corrected chi connectivity index (χ1v) is 4.84. The Kier molecular flexibility index (Phi) is 2.66. The van der Waals surface area contributed by atoms with Crippen molar-refractivity contribution in [2.45, 2.75) is 6.04 Å². The summed E-state index contributed by atoms with van der Waals surface area (Å²) in [5.41, 5.74) is 11.3. The Morgan fingerprint density at radius 2 is 2.31 bits per heavy atom. The van der Waals surface area contributed by atoms with Gasteiger partial charge in [-0.3, -0.25) is 4.90 Å². The topological polar surface area (TPSA) is 81.6 Å². The first-order chi connectivity index (χ1) is 7.63. The molecule has 0 saturated carbocycles. The van der Waals surface area contributed by atoms with Crippen molar-refractivity contribution >= 4 is 17.5 Å². The summed E-state index contributed by atoms with van der Waals surface area (Å²) >= 11 is 0. The van der Waals surface area contributed by atoms with Crippen molar-refractivity contribution in [1.82, 2.24) is 0 Å². The molecule has 1 aliphatic heterocycles. The highest BCUT2D eigenvalue weighted by Crippen LogP contribution is 2.25. The van der Waals surface area contributed by atoms with Gasteiger partial charge in [0.05, 0.1) is 17.4 Å². The Labute approximate surface area is 91.8 Å². The van der Waals surface area contributed by atoms with E-state index in [9.17, 15) is 9.18 Å². The van der Waals surface area contributed by atoms with Gasteiger partial charge in [-0.05, 0) is 18.2 Å². The average Bonchev–Trinajstić information content (AvgIpc) is 2.64. The molecular formula is C10H12FN3O2. The van der Waals surface area contributed by atoms with Gasteiger partial charge in [0.15, 0.2) is 0 Å². The number of halogens is 1. The molecule has 1 unspecified atom stereocenters. The highest BCUT2D eigenvalue weighted by atomic mass is 19.1. The number of hydrogen-bond acceptors (Lipinski definition) is 4. The number of carbonyl (C=O) groups excluding carboxylic acids is 1. The minimum atomic E-state index is -0.562. The Morgan fingerprint density at radius 1 is 1.56 bits per heavy atom. The third-order valence-electron chi connectivity index (χ3n) is 2.50. The number of hydrogen-bond donors (Lipinski definition) is 2. The number of amides is 1. The first-order valence-electron chi connectivity index (χ1n) is 4.84. The predicted octanol–water partition coefficient (Wildman–Crippen LogP) is 0.692. The maximum absolute atomic E-state index is 13.3. The number of nitrogens with two attached hydrogens (primary N) is 2. The van der Waals surface area contributed by atoms with Crippen LogP contribution in [0.15, 0.2) is 18.2 Å². The number of benzene rings is 1. The third kappa shape index (κ3) is 1.67. The summed E-state index contributed by atoms with van der Waals surface area (Å²) < 4.78 is 18.1. The van der Waals surface area contributed by atoms with E-state index in [0.29, 0.717) is 5.69 Å². The van der Waals surface area contributed by atoms with Gasteiger partial charge in [-0.1, -0.05) is 0 Å². The lowest BCUT2D eigenvalue weighted by Crippen LogP contribution is -2.38. The van der Waals surface area contributed by atoms with Gasteiger partial charge in [-0.15, -0.1) is 0 Å². The van der Waals surface area contributed by atoms with E-state index in [4.69, 9.17) is 16.2 Å². The van der Waals surface area contributed by atoms with Crippen molar-refractivity contribution in [3.05, 3.63) is 24.0 Å². The molecule has 86 valence electrons. The van der Waals surface area contributed by atoms with Gasteiger partial charge in [0.2, 0.25) is 0 Å². The number of nitrogen functional groups attached to an aromatic ring is 1. The molecule has 6 heteroatoms. The average molecular weight is 225 g/mol. The maximum atomic E-state index is 13.3. The Balaban J connectivity index is 2.35. The summed E-state index contributed by atoms with van der Waals surface area (Å²) in [7, 11) is 0. The lowest BCUT2D eigenvalue weighted by atomic mass is 10.2. The standard InChI is InChI=1S/C10H12FN3O2/c11-8-3-6(1-2-9(8)13)14-7(4-12)5-16-10(14)15/h1-3,7H,4-5,12-13H2. The fourth-order valence-corrected chi connectivity index (χ4v) is 1.62. The lowest BCUT2D eigenvalue weighted by molar-refractivity contribution is 0.179. The Morgan fingerprint density at radius 3 is 2.94 bits per heavy atom. The van der Waals surface area contributed by atoms with Crippen molar-refractivity contribution in [2.24, 2.45) is 5.73 Å². The second-order valence-corrected chi connectivity index (χ2v) is 3.54. The van der Waals surface area contributed by atoms with Gasteiger partial charge >= 0.3 is 6.09 Å². The molecule has 1 fully saturated rings. The molecule has 1 aromatic rings. The van der Waals surface area contributed by atoms with Gasteiger partial charge < -0.3 is 16.2 Å². The van der Waals surface area contributed by atoms with E-state index in [1.54, 1.807) is 6.07 Å².